The molecule has 0 unspecified atom stereocenters. The molecule has 0 aliphatic rings. The summed E-state index contributed by atoms with van der Waals surface area (Å²) in [6.45, 7) is 2.16. The molecule has 0 aliphatic heterocycles. The van der Waals surface area contributed by atoms with Crippen LogP contribution in [0.3, 0.4) is 0 Å². The molecule has 0 spiro atoms. The summed E-state index contributed by atoms with van der Waals surface area (Å²) in [6, 6.07) is 0. The molecule has 0 bridgehead atoms. The Bertz CT molecular complexity index is 327. The van der Waals surface area contributed by atoms with Gasteiger partial charge in [0.25, 0.3) is 0 Å². The quantitative estimate of drug-likeness (QED) is 0.279. The molecule has 2 heteroatoms. The highest BCUT2D eigenvalue weighted by molar-refractivity contribution is 5.66. The summed E-state index contributed by atoms with van der Waals surface area (Å²) >= 11 is 0. The molecule has 0 aliphatic carbocycles. The second-order valence-corrected chi connectivity index (χ2v) is 5.70. The SMILES string of the molecule is CCC=CCC=CC/C=C/CCCCCCCCCC(=O)O. The maximum atomic E-state index is 10.3. The van der Waals surface area contributed by atoms with Crippen molar-refractivity contribution in [1.29, 1.82) is 0 Å². The number of hydrogen-bond acceptors (Lipinski definition) is 1. The predicted molar refractivity (Wildman–Crippen MR) is 96.1 cm³/mol. The first-order chi connectivity index (χ1) is 10.8. The number of allylic oxidation sites excluding steroid dienone is 6. The molecule has 0 heterocycles. The largest absolute Gasteiger partial charge is 0.481 e. The highest BCUT2D eigenvalue weighted by atomic mass is 16.4. The molecule has 0 aromatic heterocycles. The summed E-state index contributed by atoms with van der Waals surface area (Å²) in [4.78, 5) is 10.3. The first-order valence-electron chi connectivity index (χ1n) is 8.94. The van der Waals surface area contributed by atoms with Gasteiger partial charge in [0, 0.05) is 6.42 Å². The Balaban J connectivity index is 3.20. The van der Waals surface area contributed by atoms with E-state index in [2.05, 4.69) is 43.4 Å². The Hall–Kier alpha value is -1.31. The van der Waals surface area contributed by atoms with Crippen molar-refractivity contribution in [2.75, 3.05) is 0 Å². The molecular formula is C20H34O2. The van der Waals surface area contributed by atoms with Gasteiger partial charge in [-0.3, -0.25) is 4.79 Å². The van der Waals surface area contributed by atoms with Crippen LogP contribution in [0.1, 0.15) is 84.0 Å². The van der Waals surface area contributed by atoms with Gasteiger partial charge in [0.05, 0.1) is 0 Å². The summed E-state index contributed by atoms with van der Waals surface area (Å²) in [5.74, 6) is -0.668. The van der Waals surface area contributed by atoms with Crippen LogP contribution in [0.4, 0.5) is 0 Å². The summed E-state index contributed by atoms with van der Waals surface area (Å²) < 4.78 is 0. The van der Waals surface area contributed by atoms with Crippen LogP contribution in [-0.4, -0.2) is 11.1 Å². The molecule has 0 rings (SSSR count). The number of carboxylic acids is 1. The Kier molecular flexibility index (Phi) is 16.7. The van der Waals surface area contributed by atoms with Gasteiger partial charge in [-0.1, -0.05) is 75.5 Å². The Morgan fingerprint density at radius 1 is 0.727 bits per heavy atom. The lowest BCUT2D eigenvalue weighted by molar-refractivity contribution is -0.137. The van der Waals surface area contributed by atoms with Gasteiger partial charge in [-0.2, -0.15) is 0 Å². The van der Waals surface area contributed by atoms with Gasteiger partial charge in [-0.05, 0) is 38.5 Å². The fourth-order valence-corrected chi connectivity index (χ4v) is 2.25. The van der Waals surface area contributed by atoms with Crippen molar-refractivity contribution >= 4 is 5.97 Å². The van der Waals surface area contributed by atoms with Crippen molar-refractivity contribution in [3.05, 3.63) is 36.5 Å². The topological polar surface area (TPSA) is 37.3 Å². The summed E-state index contributed by atoms with van der Waals surface area (Å²) in [5.41, 5.74) is 0. The van der Waals surface area contributed by atoms with E-state index in [0.717, 1.165) is 32.1 Å². The molecule has 0 saturated carbocycles. The lowest BCUT2D eigenvalue weighted by atomic mass is 10.1. The Morgan fingerprint density at radius 3 is 1.82 bits per heavy atom. The van der Waals surface area contributed by atoms with Crippen LogP contribution in [0.15, 0.2) is 36.5 Å². The number of unbranched alkanes of at least 4 members (excludes halogenated alkanes) is 7. The zero-order chi connectivity index (χ0) is 16.3. The van der Waals surface area contributed by atoms with Crippen LogP contribution >= 0.6 is 0 Å². The fraction of sp³-hybridized carbons (Fsp3) is 0.650. The number of hydrogen-bond donors (Lipinski definition) is 1. The number of carboxylic acid groups (broad SMARTS) is 1. The predicted octanol–water partition coefficient (Wildman–Crippen LogP) is 6.44. The van der Waals surface area contributed by atoms with Crippen LogP contribution < -0.4 is 0 Å². The third kappa shape index (κ3) is 18.7. The summed E-state index contributed by atoms with van der Waals surface area (Å²) in [5, 5.41) is 8.53. The lowest BCUT2D eigenvalue weighted by Gasteiger charge is -2.00. The molecular weight excluding hydrogens is 272 g/mol. The number of carbonyl (C=O) groups is 1. The molecule has 0 atom stereocenters. The second kappa shape index (κ2) is 17.7. The average molecular weight is 306 g/mol. The van der Waals surface area contributed by atoms with Crippen LogP contribution in [0.5, 0.6) is 0 Å². The van der Waals surface area contributed by atoms with Gasteiger partial charge in [-0.15, -0.1) is 0 Å². The number of aliphatic carboxylic acids is 1. The highest BCUT2D eigenvalue weighted by Gasteiger charge is 1.96. The smallest absolute Gasteiger partial charge is 0.303 e. The van der Waals surface area contributed by atoms with E-state index in [1.54, 1.807) is 0 Å². The van der Waals surface area contributed by atoms with Gasteiger partial charge in [0.1, 0.15) is 0 Å². The van der Waals surface area contributed by atoms with Gasteiger partial charge >= 0.3 is 5.97 Å². The molecule has 0 fully saturated rings. The van der Waals surface area contributed by atoms with Crippen molar-refractivity contribution in [3.8, 4) is 0 Å². The molecule has 0 aromatic rings. The second-order valence-electron chi connectivity index (χ2n) is 5.70. The first kappa shape index (κ1) is 20.7. The monoisotopic (exact) mass is 306 g/mol. The van der Waals surface area contributed by atoms with E-state index < -0.39 is 5.97 Å². The Morgan fingerprint density at radius 2 is 1.23 bits per heavy atom. The van der Waals surface area contributed by atoms with Gasteiger partial charge in [0.2, 0.25) is 0 Å². The van der Waals surface area contributed by atoms with Crippen molar-refractivity contribution in [3.63, 3.8) is 0 Å². The maximum absolute atomic E-state index is 10.3. The fourth-order valence-electron chi connectivity index (χ4n) is 2.25. The van der Waals surface area contributed by atoms with Gasteiger partial charge in [-0.25, -0.2) is 0 Å². The van der Waals surface area contributed by atoms with Crippen LogP contribution in [0.25, 0.3) is 0 Å². The molecule has 2 nitrogen and oxygen atoms in total. The molecule has 0 aromatic carbocycles. The molecule has 0 saturated heterocycles. The van der Waals surface area contributed by atoms with E-state index >= 15 is 0 Å². The van der Waals surface area contributed by atoms with Crippen molar-refractivity contribution in [1.82, 2.24) is 0 Å². The van der Waals surface area contributed by atoms with Gasteiger partial charge in [0.15, 0.2) is 0 Å². The van der Waals surface area contributed by atoms with E-state index in [1.165, 1.54) is 38.5 Å². The van der Waals surface area contributed by atoms with Crippen molar-refractivity contribution in [2.45, 2.75) is 84.0 Å². The molecule has 0 amide bonds. The first-order valence-corrected chi connectivity index (χ1v) is 8.94. The van der Waals surface area contributed by atoms with E-state index in [0.29, 0.717) is 6.42 Å². The zero-order valence-electron chi connectivity index (χ0n) is 14.3. The van der Waals surface area contributed by atoms with Crippen molar-refractivity contribution in [2.24, 2.45) is 0 Å². The van der Waals surface area contributed by atoms with E-state index in [1.807, 2.05) is 0 Å². The lowest BCUT2D eigenvalue weighted by Crippen LogP contribution is -1.93. The highest BCUT2D eigenvalue weighted by Crippen LogP contribution is 2.10. The van der Waals surface area contributed by atoms with Gasteiger partial charge < -0.3 is 5.11 Å². The third-order valence-electron chi connectivity index (χ3n) is 3.54. The summed E-state index contributed by atoms with van der Waals surface area (Å²) in [7, 11) is 0. The Labute approximate surface area is 137 Å². The average Bonchev–Trinajstić information content (AvgIpc) is 2.50. The van der Waals surface area contributed by atoms with Crippen LogP contribution in [-0.2, 0) is 4.79 Å². The van der Waals surface area contributed by atoms with Crippen molar-refractivity contribution < 1.29 is 9.90 Å². The number of rotatable bonds is 15. The standard InChI is InChI=1S/C20H34O2/c1-2-3-4-5-6-7-8-9-10-11-12-13-14-15-16-17-18-19-20(21)22/h3-4,6-7,9-10H,2,5,8,11-19H2,1H3,(H,21,22)/b4-3?,7-6?,10-9+. The normalized spacial score (nSPS) is 12.0. The molecule has 0 radical (unpaired) electrons. The van der Waals surface area contributed by atoms with E-state index in [4.69, 9.17) is 5.11 Å². The molecule has 22 heavy (non-hydrogen) atoms. The van der Waals surface area contributed by atoms with Crippen LogP contribution in [0.2, 0.25) is 0 Å². The molecule has 1 N–H and O–H groups in total. The minimum atomic E-state index is -0.668. The van der Waals surface area contributed by atoms with Crippen LogP contribution in [0, 0.1) is 0 Å². The third-order valence-corrected chi connectivity index (χ3v) is 3.54. The summed E-state index contributed by atoms with van der Waals surface area (Å²) in [6.07, 6.45) is 26.3. The zero-order valence-corrected chi connectivity index (χ0v) is 14.3. The van der Waals surface area contributed by atoms with E-state index in [9.17, 15) is 4.79 Å². The maximum Gasteiger partial charge on any atom is 0.303 e. The minimum absolute atomic E-state index is 0.328. The van der Waals surface area contributed by atoms with E-state index in [-0.39, 0.29) is 0 Å². The molecule has 126 valence electrons. The minimum Gasteiger partial charge on any atom is -0.481 e.